The van der Waals surface area contributed by atoms with Gasteiger partial charge in [-0.15, -0.1) is 0 Å². The molecule has 6 heteroatoms. The Bertz CT molecular complexity index is 1310. The lowest BCUT2D eigenvalue weighted by molar-refractivity contribution is 0.0686. The van der Waals surface area contributed by atoms with Gasteiger partial charge in [0, 0.05) is 22.3 Å². The van der Waals surface area contributed by atoms with Gasteiger partial charge in [0.2, 0.25) is 0 Å². The first-order chi connectivity index (χ1) is 18.2. The third-order valence-corrected chi connectivity index (χ3v) is 7.00. The minimum absolute atomic E-state index is 0.0619. The Morgan fingerprint density at radius 3 is 1.71 bits per heavy atom. The number of benzene rings is 3. The van der Waals surface area contributed by atoms with E-state index in [4.69, 9.17) is 0 Å². The zero-order valence-electron chi connectivity index (χ0n) is 22.5. The number of carboxylic acids is 2. The van der Waals surface area contributed by atoms with Gasteiger partial charge in [0.1, 0.15) is 11.5 Å². The number of hydrogen-bond donors (Lipinski definition) is 4. The predicted octanol–water partition coefficient (Wildman–Crippen LogP) is 7.86. The first-order valence-corrected chi connectivity index (χ1v) is 13.5. The van der Waals surface area contributed by atoms with Crippen LogP contribution < -0.4 is 0 Å². The average molecular weight is 519 g/mol. The van der Waals surface area contributed by atoms with Crippen LogP contribution in [0.3, 0.4) is 0 Å². The van der Waals surface area contributed by atoms with Crippen LogP contribution >= 0.6 is 0 Å². The first-order valence-electron chi connectivity index (χ1n) is 13.5. The lowest BCUT2D eigenvalue weighted by Gasteiger charge is -2.20. The van der Waals surface area contributed by atoms with Gasteiger partial charge in [-0.05, 0) is 66.6 Å². The van der Waals surface area contributed by atoms with Crippen LogP contribution in [0.5, 0.6) is 11.5 Å². The number of aryl methyl sites for hydroxylation is 1. The van der Waals surface area contributed by atoms with Crippen molar-refractivity contribution in [3.63, 3.8) is 0 Å². The molecule has 38 heavy (non-hydrogen) atoms. The van der Waals surface area contributed by atoms with E-state index in [9.17, 15) is 30.0 Å². The number of carbonyl (C=O) groups is 2. The zero-order chi connectivity index (χ0) is 27.8. The molecule has 202 valence electrons. The topological polar surface area (TPSA) is 115 Å². The smallest absolute Gasteiger partial charge is 0.336 e. The molecule has 0 heterocycles. The summed E-state index contributed by atoms with van der Waals surface area (Å²) in [6.07, 6.45) is 7.25. The zero-order valence-corrected chi connectivity index (χ0v) is 22.5. The van der Waals surface area contributed by atoms with Crippen LogP contribution in [0.15, 0.2) is 42.5 Å². The van der Waals surface area contributed by atoms with Crippen LogP contribution in [0.1, 0.15) is 96.7 Å². The highest BCUT2D eigenvalue weighted by atomic mass is 16.4. The summed E-state index contributed by atoms with van der Waals surface area (Å²) in [7, 11) is 0. The molecule has 0 fully saturated rings. The molecule has 0 saturated heterocycles. The van der Waals surface area contributed by atoms with E-state index in [-0.39, 0.29) is 22.6 Å². The second-order valence-corrected chi connectivity index (χ2v) is 9.76. The molecule has 0 spiro atoms. The highest BCUT2D eigenvalue weighted by molar-refractivity contribution is 6.00. The fourth-order valence-electron chi connectivity index (χ4n) is 5.22. The number of aromatic hydroxyl groups is 2. The fraction of sp³-hybridized carbons (Fsp3) is 0.375. The number of phenols is 2. The van der Waals surface area contributed by atoms with E-state index >= 15 is 0 Å². The fourth-order valence-corrected chi connectivity index (χ4v) is 5.22. The minimum atomic E-state index is -1.07. The van der Waals surface area contributed by atoms with Crippen molar-refractivity contribution >= 4 is 11.9 Å². The van der Waals surface area contributed by atoms with Gasteiger partial charge < -0.3 is 20.4 Å². The lowest BCUT2D eigenvalue weighted by Crippen LogP contribution is -2.06. The van der Waals surface area contributed by atoms with E-state index in [2.05, 4.69) is 6.92 Å². The normalized spacial score (nSPS) is 11.0. The van der Waals surface area contributed by atoms with Gasteiger partial charge >= 0.3 is 11.9 Å². The standard InChI is InChI=1S/C32H38O6/c1-4-7-8-9-12-20-19-21(29-23(10-5-2)27(33)17-15-25(29)31(35)36)13-14-22(20)30-24(11-6-3)28(34)18-16-26(30)32(37)38/h13-19,33-34H,4-12H2,1-3H3,(H,35,36)(H,37,38). The molecule has 3 aromatic rings. The van der Waals surface area contributed by atoms with E-state index in [0.717, 1.165) is 49.7 Å². The molecule has 0 aliphatic rings. The van der Waals surface area contributed by atoms with E-state index < -0.39 is 11.9 Å². The van der Waals surface area contributed by atoms with Crippen molar-refractivity contribution in [3.8, 4) is 33.8 Å². The summed E-state index contributed by atoms with van der Waals surface area (Å²) in [5.41, 5.74) is 4.74. The second kappa shape index (κ2) is 13.1. The van der Waals surface area contributed by atoms with Crippen molar-refractivity contribution in [2.24, 2.45) is 0 Å². The largest absolute Gasteiger partial charge is 0.508 e. The Hall–Kier alpha value is -3.80. The predicted molar refractivity (Wildman–Crippen MR) is 150 cm³/mol. The molecular formula is C32H38O6. The minimum Gasteiger partial charge on any atom is -0.508 e. The molecule has 3 aromatic carbocycles. The molecule has 4 N–H and O–H groups in total. The first kappa shape index (κ1) is 28.8. The quantitative estimate of drug-likeness (QED) is 0.171. The van der Waals surface area contributed by atoms with Crippen LogP contribution in [0.25, 0.3) is 22.3 Å². The van der Waals surface area contributed by atoms with Crippen molar-refractivity contribution in [1.29, 1.82) is 0 Å². The van der Waals surface area contributed by atoms with Gasteiger partial charge in [-0.25, -0.2) is 9.59 Å². The second-order valence-electron chi connectivity index (χ2n) is 9.76. The van der Waals surface area contributed by atoms with Crippen LogP contribution in [-0.4, -0.2) is 32.4 Å². The summed E-state index contributed by atoms with van der Waals surface area (Å²) < 4.78 is 0. The molecule has 0 atom stereocenters. The van der Waals surface area contributed by atoms with Crippen molar-refractivity contribution in [1.82, 2.24) is 0 Å². The summed E-state index contributed by atoms with van der Waals surface area (Å²) in [4.78, 5) is 24.4. The van der Waals surface area contributed by atoms with Crippen molar-refractivity contribution < 1.29 is 30.0 Å². The summed E-state index contributed by atoms with van der Waals surface area (Å²) in [5.74, 6) is -2.01. The molecule has 0 amide bonds. The average Bonchev–Trinajstić information content (AvgIpc) is 2.88. The van der Waals surface area contributed by atoms with Crippen LogP contribution in [0.2, 0.25) is 0 Å². The molecule has 0 aliphatic heterocycles. The molecule has 0 bridgehead atoms. The number of carboxylic acid groups (broad SMARTS) is 2. The van der Waals surface area contributed by atoms with Gasteiger partial charge in [0.25, 0.3) is 0 Å². The molecule has 0 unspecified atom stereocenters. The Kier molecular flexibility index (Phi) is 9.94. The highest BCUT2D eigenvalue weighted by Crippen LogP contribution is 2.41. The number of hydrogen-bond acceptors (Lipinski definition) is 4. The van der Waals surface area contributed by atoms with Gasteiger partial charge in [-0.1, -0.05) is 71.1 Å². The highest BCUT2D eigenvalue weighted by Gasteiger charge is 2.23. The van der Waals surface area contributed by atoms with Crippen molar-refractivity contribution in [3.05, 3.63) is 70.3 Å². The summed E-state index contributed by atoms with van der Waals surface area (Å²) in [6, 6.07) is 11.3. The number of phenolic OH excluding ortho intramolecular Hbond substituents is 2. The van der Waals surface area contributed by atoms with Crippen LogP contribution in [-0.2, 0) is 19.3 Å². The van der Waals surface area contributed by atoms with E-state index in [0.29, 0.717) is 47.1 Å². The Balaban J connectivity index is 2.33. The molecule has 6 nitrogen and oxygen atoms in total. The monoisotopic (exact) mass is 518 g/mol. The molecular weight excluding hydrogens is 480 g/mol. The molecule has 0 radical (unpaired) electrons. The molecule has 0 saturated carbocycles. The maximum absolute atomic E-state index is 12.3. The van der Waals surface area contributed by atoms with E-state index in [1.807, 2.05) is 26.0 Å². The van der Waals surface area contributed by atoms with Gasteiger partial charge in [-0.2, -0.15) is 0 Å². The maximum atomic E-state index is 12.3. The van der Waals surface area contributed by atoms with E-state index in [1.54, 1.807) is 6.07 Å². The summed E-state index contributed by atoms with van der Waals surface area (Å²) >= 11 is 0. The summed E-state index contributed by atoms with van der Waals surface area (Å²) in [5, 5.41) is 41.3. The lowest BCUT2D eigenvalue weighted by atomic mass is 9.84. The number of rotatable bonds is 13. The Morgan fingerprint density at radius 2 is 1.18 bits per heavy atom. The summed E-state index contributed by atoms with van der Waals surface area (Å²) in [6.45, 7) is 6.10. The van der Waals surface area contributed by atoms with Gasteiger partial charge in [-0.3, -0.25) is 0 Å². The Labute approximate surface area is 224 Å². The third-order valence-electron chi connectivity index (χ3n) is 7.00. The van der Waals surface area contributed by atoms with Crippen molar-refractivity contribution in [2.45, 2.75) is 78.6 Å². The third kappa shape index (κ3) is 6.18. The number of aromatic carboxylic acids is 2. The maximum Gasteiger partial charge on any atom is 0.336 e. The molecule has 0 aromatic heterocycles. The van der Waals surface area contributed by atoms with Crippen molar-refractivity contribution in [2.75, 3.05) is 0 Å². The Morgan fingerprint density at radius 1 is 0.632 bits per heavy atom. The van der Waals surface area contributed by atoms with E-state index in [1.165, 1.54) is 24.3 Å². The molecule has 0 aliphatic carbocycles. The molecule has 3 rings (SSSR count). The van der Waals surface area contributed by atoms with Gasteiger partial charge in [0.15, 0.2) is 0 Å². The van der Waals surface area contributed by atoms with Gasteiger partial charge in [0.05, 0.1) is 11.1 Å². The van der Waals surface area contributed by atoms with Crippen LogP contribution in [0.4, 0.5) is 0 Å². The van der Waals surface area contributed by atoms with Crippen LogP contribution in [0, 0.1) is 0 Å². The SMILES string of the molecule is CCCCCCc1cc(-c2c(C(=O)O)ccc(O)c2CCC)ccc1-c1c(C(=O)O)ccc(O)c1CCC. The number of unbranched alkanes of at least 4 members (excludes halogenated alkanes) is 3.